The van der Waals surface area contributed by atoms with Crippen molar-refractivity contribution < 1.29 is 43.5 Å². The Morgan fingerprint density at radius 2 is 1.86 bits per heavy atom. The molecule has 0 unspecified atom stereocenters. The molecule has 0 aromatic carbocycles. The van der Waals surface area contributed by atoms with Gasteiger partial charge in [-0.15, -0.1) is 0 Å². The standard InChI is InChI=1S/C25H39NO9/c1-6-13(2)20(21(29)30)26-18(27)9-10-19(28)31-22-15(4)17-8-7-14(3)16-11-12-24(5)33-23(32-22)25(16,17)35-34-24/h13-17,20,22-23H,6-12H2,1-5H3,(H,26,27)(H,29,30)/t13-,14+,15+,16-,17-,20-,22+,23+,24+,25+/m0/s1. The van der Waals surface area contributed by atoms with Gasteiger partial charge in [0.25, 0.3) is 0 Å². The van der Waals surface area contributed by atoms with Crippen LogP contribution >= 0.6 is 0 Å². The van der Waals surface area contributed by atoms with E-state index in [1.165, 1.54) is 0 Å². The van der Waals surface area contributed by atoms with Gasteiger partial charge in [0, 0.05) is 24.7 Å². The number of carboxylic acids is 1. The van der Waals surface area contributed by atoms with Gasteiger partial charge in [0.2, 0.25) is 18.0 Å². The summed E-state index contributed by atoms with van der Waals surface area (Å²) in [7, 11) is 0. The van der Waals surface area contributed by atoms with E-state index in [2.05, 4.69) is 12.2 Å². The van der Waals surface area contributed by atoms with Crippen LogP contribution in [0, 0.1) is 29.6 Å². The van der Waals surface area contributed by atoms with Crippen molar-refractivity contribution in [2.75, 3.05) is 0 Å². The first-order chi connectivity index (χ1) is 16.5. The quantitative estimate of drug-likeness (QED) is 0.384. The maximum atomic E-state index is 12.7. The van der Waals surface area contributed by atoms with E-state index in [1.54, 1.807) is 6.92 Å². The molecule has 1 amide bonds. The highest BCUT2D eigenvalue weighted by molar-refractivity contribution is 5.85. The Bertz CT molecular complexity index is 836. The van der Waals surface area contributed by atoms with E-state index in [0.717, 1.165) is 19.3 Å². The fourth-order valence-corrected chi connectivity index (χ4v) is 6.34. The number of amides is 1. The van der Waals surface area contributed by atoms with Crippen molar-refractivity contribution in [1.82, 2.24) is 5.32 Å². The van der Waals surface area contributed by atoms with Crippen LogP contribution in [0.1, 0.15) is 79.6 Å². The third kappa shape index (κ3) is 4.82. The first-order valence-electron chi connectivity index (χ1n) is 12.9. The molecule has 4 aliphatic heterocycles. The summed E-state index contributed by atoms with van der Waals surface area (Å²) in [6, 6.07) is -0.991. The van der Waals surface area contributed by atoms with Crippen molar-refractivity contribution in [3.63, 3.8) is 0 Å². The predicted octanol–water partition coefficient (Wildman–Crippen LogP) is 3.13. The molecule has 10 heteroatoms. The van der Waals surface area contributed by atoms with Crippen LogP contribution < -0.4 is 5.32 Å². The fourth-order valence-electron chi connectivity index (χ4n) is 6.34. The molecule has 2 N–H and O–H groups in total. The van der Waals surface area contributed by atoms with Gasteiger partial charge < -0.3 is 24.6 Å². The smallest absolute Gasteiger partial charge is 0.326 e. The maximum Gasteiger partial charge on any atom is 0.326 e. The van der Waals surface area contributed by atoms with Gasteiger partial charge in [0.15, 0.2) is 11.9 Å². The van der Waals surface area contributed by atoms with Crippen LogP contribution in [0.25, 0.3) is 0 Å². The van der Waals surface area contributed by atoms with E-state index < -0.39 is 47.9 Å². The van der Waals surface area contributed by atoms with Crippen molar-refractivity contribution in [3.8, 4) is 0 Å². The monoisotopic (exact) mass is 497 g/mol. The highest BCUT2D eigenvalue weighted by Gasteiger charge is 2.69. The average molecular weight is 498 g/mol. The van der Waals surface area contributed by atoms with E-state index >= 15 is 0 Å². The number of fused-ring (bicyclic) bond motifs is 2. The number of carboxylic acid groups (broad SMARTS) is 1. The van der Waals surface area contributed by atoms with E-state index in [1.807, 2.05) is 20.8 Å². The van der Waals surface area contributed by atoms with Gasteiger partial charge in [-0.2, -0.15) is 0 Å². The molecular weight excluding hydrogens is 458 g/mol. The molecule has 5 rings (SSSR count). The summed E-state index contributed by atoms with van der Waals surface area (Å²) in [5, 5.41) is 11.9. The molecule has 5 fully saturated rings. The normalized spacial score (nSPS) is 41.7. The topological polar surface area (TPSA) is 130 Å². The Morgan fingerprint density at radius 3 is 2.54 bits per heavy atom. The molecule has 1 saturated carbocycles. The minimum atomic E-state index is -1.09. The average Bonchev–Trinajstić information content (AvgIpc) is 3.04. The first-order valence-corrected chi connectivity index (χ1v) is 12.9. The maximum absolute atomic E-state index is 12.7. The van der Waals surface area contributed by atoms with Crippen LogP contribution in [0.3, 0.4) is 0 Å². The summed E-state index contributed by atoms with van der Waals surface area (Å²) in [6.07, 6.45) is 2.23. The number of ether oxygens (including phenoxy) is 3. The molecule has 10 nitrogen and oxygen atoms in total. The first kappa shape index (κ1) is 26.3. The van der Waals surface area contributed by atoms with E-state index in [9.17, 15) is 19.5 Å². The SMILES string of the molecule is CC[C@H](C)[C@H](NC(=O)CCC(=O)O[C@@H]1O[C@@H]2O[C@@]3(C)CC[C@H]4[C@H](C)CC[C@@H]([C@H]1C)[C@@]24OO3)C(=O)O. The lowest BCUT2D eigenvalue weighted by Crippen LogP contribution is -2.70. The van der Waals surface area contributed by atoms with E-state index in [4.69, 9.17) is 24.0 Å². The van der Waals surface area contributed by atoms with Gasteiger partial charge in [0.05, 0.1) is 6.42 Å². The second-order valence-electron chi connectivity index (χ2n) is 11.0. The van der Waals surface area contributed by atoms with Gasteiger partial charge in [0.1, 0.15) is 6.04 Å². The van der Waals surface area contributed by atoms with Gasteiger partial charge in [-0.3, -0.25) is 9.59 Å². The number of carbonyl (C=O) groups excluding carboxylic acids is 2. The number of carbonyl (C=O) groups is 3. The van der Waals surface area contributed by atoms with Crippen molar-refractivity contribution in [2.24, 2.45) is 29.6 Å². The molecule has 10 atom stereocenters. The third-order valence-corrected chi connectivity index (χ3v) is 8.70. The third-order valence-electron chi connectivity index (χ3n) is 8.70. The molecule has 35 heavy (non-hydrogen) atoms. The minimum absolute atomic E-state index is 0.0260. The zero-order valence-electron chi connectivity index (χ0n) is 21.3. The van der Waals surface area contributed by atoms with Crippen LogP contribution in [-0.2, 0) is 38.4 Å². The molecule has 0 aromatic heterocycles. The minimum Gasteiger partial charge on any atom is -0.480 e. The molecule has 5 aliphatic rings. The second-order valence-corrected chi connectivity index (χ2v) is 11.0. The number of nitrogens with one attached hydrogen (secondary N) is 1. The molecular formula is C25H39NO9. The summed E-state index contributed by atoms with van der Waals surface area (Å²) in [6.45, 7) is 9.67. The van der Waals surface area contributed by atoms with E-state index in [-0.39, 0.29) is 36.5 Å². The Morgan fingerprint density at radius 1 is 1.11 bits per heavy atom. The van der Waals surface area contributed by atoms with Gasteiger partial charge in [-0.25, -0.2) is 14.6 Å². The summed E-state index contributed by atoms with van der Waals surface area (Å²) in [5.74, 6) is -2.80. The van der Waals surface area contributed by atoms with Crippen LogP contribution in [-0.4, -0.2) is 53.0 Å². The lowest BCUT2D eigenvalue weighted by Gasteiger charge is -2.59. The number of rotatable bonds is 8. The number of aliphatic carboxylic acids is 1. The summed E-state index contributed by atoms with van der Waals surface area (Å²) < 4.78 is 18.2. The molecule has 1 spiro atoms. The van der Waals surface area contributed by atoms with Gasteiger partial charge in [-0.05, 0) is 43.9 Å². The van der Waals surface area contributed by atoms with Crippen molar-refractivity contribution in [3.05, 3.63) is 0 Å². The fraction of sp³-hybridized carbons (Fsp3) is 0.880. The summed E-state index contributed by atoms with van der Waals surface area (Å²) in [4.78, 5) is 48.3. The largest absolute Gasteiger partial charge is 0.480 e. The Kier molecular flexibility index (Phi) is 7.48. The molecule has 0 aromatic rings. The van der Waals surface area contributed by atoms with Crippen molar-refractivity contribution >= 4 is 17.8 Å². The number of esters is 1. The zero-order chi connectivity index (χ0) is 25.5. The second kappa shape index (κ2) is 9.95. The lowest BCUT2D eigenvalue weighted by atomic mass is 9.58. The Hall–Kier alpha value is -1.75. The van der Waals surface area contributed by atoms with Crippen LogP contribution in [0.2, 0.25) is 0 Å². The van der Waals surface area contributed by atoms with Crippen LogP contribution in [0.4, 0.5) is 0 Å². The molecule has 0 radical (unpaired) electrons. The lowest BCUT2D eigenvalue weighted by molar-refractivity contribution is -0.576. The predicted molar refractivity (Wildman–Crippen MR) is 121 cm³/mol. The molecule has 2 bridgehead atoms. The number of hydrogen-bond donors (Lipinski definition) is 2. The van der Waals surface area contributed by atoms with Crippen LogP contribution in [0.5, 0.6) is 0 Å². The molecule has 1 aliphatic carbocycles. The van der Waals surface area contributed by atoms with Crippen molar-refractivity contribution in [2.45, 2.75) is 110 Å². The molecule has 4 saturated heterocycles. The Labute approximate surface area is 206 Å². The molecule has 198 valence electrons. The highest BCUT2D eigenvalue weighted by Crippen LogP contribution is 2.60. The molecule has 4 heterocycles. The summed E-state index contributed by atoms with van der Waals surface area (Å²) in [5.41, 5.74) is -0.738. The van der Waals surface area contributed by atoms with Gasteiger partial charge >= 0.3 is 11.9 Å². The van der Waals surface area contributed by atoms with Crippen LogP contribution in [0.15, 0.2) is 0 Å². The zero-order valence-corrected chi connectivity index (χ0v) is 21.3. The van der Waals surface area contributed by atoms with Gasteiger partial charge in [-0.1, -0.05) is 34.1 Å². The Balaban J connectivity index is 1.39. The number of hydrogen-bond acceptors (Lipinski definition) is 8. The highest BCUT2D eigenvalue weighted by atomic mass is 17.3. The van der Waals surface area contributed by atoms with E-state index in [0.29, 0.717) is 18.8 Å². The van der Waals surface area contributed by atoms with Crippen molar-refractivity contribution in [1.29, 1.82) is 0 Å². The summed E-state index contributed by atoms with van der Waals surface area (Å²) >= 11 is 0.